The summed E-state index contributed by atoms with van der Waals surface area (Å²) in [6, 6.07) is 0. The largest absolute Gasteiger partial charge is 0.296 e. The van der Waals surface area contributed by atoms with E-state index in [2.05, 4.69) is 11.6 Å². The van der Waals surface area contributed by atoms with Crippen LogP contribution in [0.4, 0.5) is 26.3 Å². The van der Waals surface area contributed by atoms with Gasteiger partial charge in [0.15, 0.2) is 32.8 Å². The fraction of sp³-hybridized carbons (Fsp3) is 0.600. The molecule has 6 nitrogen and oxygen atoms in total. The second-order valence-electron chi connectivity index (χ2n) is 5.13. The minimum Gasteiger partial charge on any atom is -0.296 e. The lowest BCUT2D eigenvalue weighted by Crippen LogP contribution is -2.19. The first kappa shape index (κ1) is 36.9. The van der Waals surface area contributed by atoms with Gasteiger partial charge in [-0.25, -0.2) is 26.3 Å². The molecule has 0 bridgehead atoms. The minimum absolute atomic E-state index is 0.664. The number of carbonyl (C=O) groups excluding carboxylic acids is 6. The van der Waals surface area contributed by atoms with Gasteiger partial charge in [0.1, 0.15) is 0 Å². The van der Waals surface area contributed by atoms with Crippen molar-refractivity contribution in [3.63, 3.8) is 0 Å². The third-order valence-corrected chi connectivity index (χ3v) is 3.97. The second kappa shape index (κ2) is 19.6. The zero-order valence-corrected chi connectivity index (χ0v) is 20.1. The molecule has 0 rings (SSSR count). The third-order valence-electron chi connectivity index (χ3n) is 2.51. The number of carbonyl (C=O) groups is 6. The number of hydrogen-bond donors (Lipinski definition) is 0. The molecule has 2 unspecified atom stereocenters. The molecule has 0 aliphatic carbocycles. The van der Waals surface area contributed by atoms with Crippen molar-refractivity contribution in [2.75, 3.05) is 0 Å². The maximum atomic E-state index is 11.9. The van der Waals surface area contributed by atoms with Gasteiger partial charge in [0.05, 0.1) is 19.3 Å². The smallest absolute Gasteiger partial charge is 0.296 e. The molecule has 33 heavy (non-hydrogen) atoms. The van der Waals surface area contributed by atoms with E-state index in [9.17, 15) is 55.1 Å². The van der Waals surface area contributed by atoms with Crippen molar-refractivity contribution in [3.8, 4) is 0 Å². The Labute approximate surface area is 212 Å². The van der Waals surface area contributed by atoms with Crippen molar-refractivity contribution in [3.05, 3.63) is 0 Å². The first-order valence-corrected chi connectivity index (χ1v) is 10.3. The fourth-order valence-electron chi connectivity index (χ4n) is 0.978. The van der Waals surface area contributed by atoms with Crippen LogP contribution in [0.25, 0.3) is 0 Å². The maximum Gasteiger partial charge on any atom is 0.296 e. The molecule has 0 aliphatic heterocycles. The molecule has 18 heteroatoms. The van der Waals surface area contributed by atoms with Gasteiger partial charge in [0.2, 0.25) is 22.8 Å². The van der Waals surface area contributed by atoms with E-state index in [1.807, 2.05) is 0 Å². The Morgan fingerprint density at radius 1 is 0.424 bits per heavy atom. The maximum absolute atomic E-state index is 11.9. The van der Waals surface area contributed by atoms with E-state index in [0.717, 1.165) is 0 Å². The summed E-state index contributed by atoms with van der Waals surface area (Å²) in [5.41, 5.74) is -4.54. The fourth-order valence-corrected chi connectivity index (χ4v) is 1.44. The Kier molecular flexibility index (Phi) is 21.9. The van der Waals surface area contributed by atoms with Gasteiger partial charge < -0.3 is 0 Å². The van der Waals surface area contributed by atoms with Crippen molar-refractivity contribution >= 4 is 104 Å². The van der Waals surface area contributed by atoms with Crippen molar-refractivity contribution in [2.24, 2.45) is 0 Å². The highest BCUT2D eigenvalue weighted by Gasteiger charge is 2.24. The number of hydrogen-bond acceptors (Lipinski definition) is 6. The minimum atomic E-state index is -3.24. The number of rotatable bonds is 12. The summed E-state index contributed by atoms with van der Waals surface area (Å²) in [5, 5.41) is 0. The van der Waals surface area contributed by atoms with E-state index in [4.69, 9.17) is 58.0 Å². The molecule has 2 atom stereocenters. The Morgan fingerprint density at radius 2 is 0.636 bits per heavy atom. The molecule has 0 saturated heterocycles. The number of alkyl halides is 12. The lowest BCUT2D eigenvalue weighted by atomic mass is 10.2. The summed E-state index contributed by atoms with van der Waals surface area (Å²) in [6.45, 7) is 0. The summed E-state index contributed by atoms with van der Waals surface area (Å²) in [7, 11) is 0. The molecule has 0 aromatic rings. The van der Waals surface area contributed by atoms with Crippen LogP contribution in [-0.4, -0.2) is 68.5 Å². The molecule has 0 radical (unpaired) electrons. The SMILES string of the molecule is O=C(CC(=O)C(Cl)Cl)C(F)Cl.O=C(CC(=O)C(Cl)Cl)C(F)F.O=C(CC(=O)C(F)Cl)C(F)F. The van der Waals surface area contributed by atoms with Crippen LogP contribution in [0.2, 0.25) is 0 Å². The Bertz CT molecular complexity index is 546. The molecular formula is C15H12Cl6F6O6. The number of halogens is 12. The van der Waals surface area contributed by atoms with E-state index >= 15 is 0 Å². The van der Waals surface area contributed by atoms with Gasteiger partial charge in [-0.1, -0.05) is 69.6 Å². The lowest BCUT2D eigenvalue weighted by molar-refractivity contribution is -0.135. The zero-order chi connectivity index (χ0) is 27.0. The predicted molar refractivity (Wildman–Crippen MR) is 108 cm³/mol. The van der Waals surface area contributed by atoms with Gasteiger partial charge in [-0.15, -0.1) is 0 Å². The number of ketones is 6. The lowest BCUT2D eigenvalue weighted by Gasteiger charge is -1.99. The summed E-state index contributed by atoms with van der Waals surface area (Å²) in [5.74, 6) is -7.08. The van der Waals surface area contributed by atoms with Crippen LogP contribution in [0.15, 0.2) is 0 Å². The highest BCUT2D eigenvalue weighted by Crippen LogP contribution is 2.10. The van der Waals surface area contributed by atoms with Gasteiger partial charge in [0.25, 0.3) is 12.9 Å². The summed E-state index contributed by atoms with van der Waals surface area (Å²) < 4.78 is 69.3. The molecule has 0 spiro atoms. The Hall–Kier alpha value is -0.660. The molecule has 0 heterocycles. The topological polar surface area (TPSA) is 102 Å². The summed E-state index contributed by atoms with van der Waals surface area (Å²) in [6.07, 6.45) is -9.10. The van der Waals surface area contributed by atoms with E-state index in [1.165, 1.54) is 0 Å². The van der Waals surface area contributed by atoms with E-state index in [-0.39, 0.29) is 0 Å². The Morgan fingerprint density at radius 3 is 0.818 bits per heavy atom. The van der Waals surface area contributed by atoms with Crippen LogP contribution >= 0.6 is 69.6 Å². The van der Waals surface area contributed by atoms with Gasteiger partial charge in [-0.05, 0) is 0 Å². The normalized spacial score (nSPS) is 12.4. The standard InChI is InChI=1S/C5H4Cl3FO2.C5H4Cl2F2O2.C5H4ClF3O2/c3*6-4(7)2(10)1-3(11)5(8)9/h3*4-5H,1H2. The highest BCUT2D eigenvalue weighted by atomic mass is 35.5. The molecule has 0 aliphatic rings. The quantitative estimate of drug-likeness (QED) is 0.179. The average Bonchev–Trinajstić information content (AvgIpc) is 2.67. The second-order valence-corrected chi connectivity index (χ2v) is 8.09. The van der Waals surface area contributed by atoms with Crippen molar-refractivity contribution in [1.82, 2.24) is 0 Å². The average molecular weight is 615 g/mol. The molecule has 192 valence electrons. The van der Waals surface area contributed by atoms with Crippen molar-refractivity contribution in [1.29, 1.82) is 0 Å². The van der Waals surface area contributed by atoms with Gasteiger partial charge in [-0.2, -0.15) is 0 Å². The van der Waals surface area contributed by atoms with Gasteiger partial charge in [0, 0.05) is 0 Å². The molecule has 0 fully saturated rings. The van der Waals surface area contributed by atoms with Crippen molar-refractivity contribution in [2.45, 2.75) is 53.0 Å². The zero-order valence-electron chi connectivity index (χ0n) is 15.6. The highest BCUT2D eigenvalue weighted by molar-refractivity contribution is 6.55. The Balaban J connectivity index is -0.000000409. The molecule has 0 aromatic carbocycles. The number of Topliss-reactive ketones (excluding diaryl/α,β-unsaturated/α-hetero) is 6. The summed E-state index contributed by atoms with van der Waals surface area (Å²) >= 11 is 29.4. The first-order valence-electron chi connectivity index (χ1n) is 7.70. The molecule has 0 aromatic heterocycles. The molecular weight excluding hydrogens is 603 g/mol. The molecule has 0 saturated carbocycles. The van der Waals surface area contributed by atoms with Crippen LogP contribution in [0.1, 0.15) is 19.3 Å². The first-order chi connectivity index (χ1) is 14.8. The van der Waals surface area contributed by atoms with Crippen LogP contribution in [0, 0.1) is 0 Å². The van der Waals surface area contributed by atoms with Crippen LogP contribution < -0.4 is 0 Å². The van der Waals surface area contributed by atoms with Crippen LogP contribution in [0.3, 0.4) is 0 Å². The van der Waals surface area contributed by atoms with Crippen LogP contribution in [0.5, 0.6) is 0 Å². The molecule has 0 amide bonds. The monoisotopic (exact) mass is 612 g/mol. The summed E-state index contributed by atoms with van der Waals surface area (Å²) in [4.78, 5) is 59.1. The predicted octanol–water partition coefficient (Wildman–Crippen LogP) is 4.75. The van der Waals surface area contributed by atoms with Gasteiger partial charge >= 0.3 is 0 Å². The van der Waals surface area contributed by atoms with Crippen molar-refractivity contribution < 1.29 is 55.1 Å². The van der Waals surface area contributed by atoms with E-state index in [1.54, 1.807) is 0 Å². The van der Waals surface area contributed by atoms with Crippen LogP contribution in [-0.2, 0) is 28.8 Å². The van der Waals surface area contributed by atoms with E-state index in [0.29, 0.717) is 0 Å². The third kappa shape index (κ3) is 21.6. The van der Waals surface area contributed by atoms with E-state index < -0.39 is 87.7 Å². The van der Waals surface area contributed by atoms with Gasteiger partial charge in [-0.3, -0.25) is 28.8 Å². The molecule has 0 N–H and O–H groups in total.